The molecule has 0 unspecified atom stereocenters. The number of aromatic nitrogens is 1. The summed E-state index contributed by atoms with van der Waals surface area (Å²) in [7, 11) is 0. The summed E-state index contributed by atoms with van der Waals surface area (Å²) in [5, 5.41) is 4.20. The zero-order chi connectivity index (χ0) is 9.97. The SMILES string of the molecule is [N-]=[N+]=Nc1cc(=O)[nH]c2ccccc12. The van der Waals surface area contributed by atoms with Gasteiger partial charge in [-0.3, -0.25) is 4.79 Å². The summed E-state index contributed by atoms with van der Waals surface area (Å²) in [5.41, 5.74) is 9.07. The largest absolute Gasteiger partial charge is 0.322 e. The van der Waals surface area contributed by atoms with E-state index in [-0.39, 0.29) is 5.56 Å². The van der Waals surface area contributed by atoms with Crippen molar-refractivity contribution in [2.24, 2.45) is 5.11 Å². The van der Waals surface area contributed by atoms with Crippen LogP contribution in [0.25, 0.3) is 21.3 Å². The normalized spacial score (nSPS) is 9.71. The van der Waals surface area contributed by atoms with Gasteiger partial charge in [-0.1, -0.05) is 23.3 Å². The number of azide groups is 1. The van der Waals surface area contributed by atoms with E-state index < -0.39 is 0 Å². The van der Waals surface area contributed by atoms with Crippen molar-refractivity contribution in [3.8, 4) is 0 Å². The van der Waals surface area contributed by atoms with Gasteiger partial charge in [0.25, 0.3) is 0 Å². The number of hydrogen-bond acceptors (Lipinski definition) is 2. The number of rotatable bonds is 1. The predicted octanol–water partition coefficient (Wildman–Crippen LogP) is 2.47. The third-order valence-electron chi connectivity index (χ3n) is 1.88. The minimum absolute atomic E-state index is 0.272. The zero-order valence-corrected chi connectivity index (χ0v) is 7.14. The molecule has 14 heavy (non-hydrogen) atoms. The number of nitrogens with one attached hydrogen (secondary N) is 1. The monoisotopic (exact) mass is 186 g/mol. The van der Waals surface area contributed by atoms with Crippen LogP contribution in [0.5, 0.6) is 0 Å². The summed E-state index contributed by atoms with van der Waals surface area (Å²) in [5.74, 6) is 0. The number of para-hydroxylation sites is 1. The topological polar surface area (TPSA) is 81.6 Å². The molecule has 0 saturated heterocycles. The molecule has 0 bridgehead atoms. The molecule has 68 valence electrons. The van der Waals surface area contributed by atoms with E-state index >= 15 is 0 Å². The van der Waals surface area contributed by atoms with Crippen LogP contribution in [0.4, 0.5) is 5.69 Å². The first kappa shape index (κ1) is 8.34. The summed E-state index contributed by atoms with van der Waals surface area (Å²) in [4.78, 5) is 16.5. The van der Waals surface area contributed by atoms with Crippen molar-refractivity contribution in [3.05, 3.63) is 51.1 Å². The average Bonchev–Trinajstić information content (AvgIpc) is 2.18. The first-order valence-corrected chi connectivity index (χ1v) is 3.98. The van der Waals surface area contributed by atoms with E-state index in [0.717, 1.165) is 5.39 Å². The van der Waals surface area contributed by atoms with Gasteiger partial charge >= 0.3 is 0 Å². The summed E-state index contributed by atoms with van der Waals surface area (Å²) in [6.07, 6.45) is 0. The molecule has 2 aromatic rings. The van der Waals surface area contributed by atoms with Gasteiger partial charge in [-0.05, 0) is 11.6 Å². The second-order valence-corrected chi connectivity index (χ2v) is 2.75. The molecule has 0 atom stereocenters. The Bertz CT molecular complexity index is 581. The highest BCUT2D eigenvalue weighted by Gasteiger charge is 1.99. The van der Waals surface area contributed by atoms with Crippen LogP contribution in [-0.2, 0) is 0 Å². The van der Waals surface area contributed by atoms with Crippen LogP contribution >= 0.6 is 0 Å². The lowest BCUT2D eigenvalue weighted by atomic mass is 10.2. The first-order chi connectivity index (χ1) is 6.81. The highest BCUT2D eigenvalue weighted by molar-refractivity contribution is 5.89. The molecule has 5 heteroatoms. The maximum Gasteiger partial charge on any atom is 0.248 e. The van der Waals surface area contributed by atoms with Gasteiger partial charge in [-0.15, -0.1) is 0 Å². The molecule has 0 radical (unpaired) electrons. The van der Waals surface area contributed by atoms with Crippen molar-refractivity contribution in [1.29, 1.82) is 0 Å². The first-order valence-electron chi connectivity index (χ1n) is 3.98. The summed E-state index contributed by atoms with van der Waals surface area (Å²) in [6, 6.07) is 8.44. The second-order valence-electron chi connectivity index (χ2n) is 2.75. The lowest BCUT2D eigenvalue weighted by molar-refractivity contribution is 1.29. The van der Waals surface area contributed by atoms with E-state index in [4.69, 9.17) is 5.53 Å². The summed E-state index contributed by atoms with van der Waals surface area (Å²) >= 11 is 0. The van der Waals surface area contributed by atoms with Gasteiger partial charge in [0.2, 0.25) is 5.56 Å². The number of nitrogens with zero attached hydrogens (tertiary/aromatic N) is 3. The van der Waals surface area contributed by atoms with E-state index in [1.54, 1.807) is 18.2 Å². The lowest BCUT2D eigenvalue weighted by Crippen LogP contribution is -2.02. The molecule has 0 aliphatic carbocycles. The highest BCUT2D eigenvalue weighted by atomic mass is 16.1. The molecule has 1 aromatic carbocycles. The van der Waals surface area contributed by atoms with Crippen molar-refractivity contribution < 1.29 is 0 Å². The third kappa shape index (κ3) is 1.32. The quantitative estimate of drug-likeness (QED) is 0.414. The maximum absolute atomic E-state index is 11.1. The Labute approximate surface area is 78.6 Å². The number of fused-ring (bicyclic) bond motifs is 1. The van der Waals surface area contributed by atoms with Crippen molar-refractivity contribution in [2.45, 2.75) is 0 Å². The molecule has 5 nitrogen and oxygen atoms in total. The fourth-order valence-corrected chi connectivity index (χ4v) is 1.32. The van der Waals surface area contributed by atoms with Crippen molar-refractivity contribution in [3.63, 3.8) is 0 Å². The fourth-order valence-electron chi connectivity index (χ4n) is 1.32. The van der Waals surface area contributed by atoms with E-state index in [2.05, 4.69) is 15.0 Å². The van der Waals surface area contributed by atoms with Crippen molar-refractivity contribution >= 4 is 16.6 Å². The Morgan fingerprint density at radius 3 is 2.93 bits per heavy atom. The Morgan fingerprint density at radius 2 is 2.14 bits per heavy atom. The van der Waals surface area contributed by atoms with E-state index in [9.17, 15) is 4.79 Å². The lowest BCUT2D eigenvalue weighted by Gasteiger charge is -1.98. The second kappa shape index (κ2) is 3.24. The van der Waals surface area contributed by atoms with Crippen molar-refractivity contribution in [1.82, 2.24) is 4.98 Å². The number of benzene rings is 1. The standard InChI is InChI=1S/C9H6N4O/c10-13-12-8-5-9(14)11-7-4-2-1-3-6(7)8/h1-5H,(H,11,14). The molecule has 0 aliphatic heterocycles. The van der Waals surface area contributed by atoms with Crippen LogP contribution in [0, 0.1) is 0 Å². The van der Waals surface area contributed by atoms with Gasteiger partial charge in [-0.25, -0.2) is 0 Å². The molecule has 0 aliphatic rings. The number of aromatic amines is 1. The molecule has 0 spiro atoms. The Morgan fingerprint density at radius 1 is 1.36 bits per heavy atom. The van der Waals surface area contributed by atoms with Gasteiger partial charge in [0, 0.05) is 21.9 Å². The van der Waals surface area contributed by atoms with Gasteiger partial charge in [0.05, 0.1) is 5.69 Å². The molecule has 1 heterocycles. The molecule has 1 aromatic heterocycles. The van der Waals surface area contributed by atoms with Gasteiger partial charge in [-0.2, -0.15) is 0 Å². The van der Waals surface area contributed by atoms with E-state index in [0.29, 0.717) is 11.2 Å². The minimum atomic E-state index is -0.272. The molecule has 0 fully saturated rings. The minimum Gasteiger partial charge on any atom is -0.322 e. The van der Waals surface area contributed by atoms with Crippen molar-refractivity contribution in [2.75, 3.05) is 0 Å². The van der Waals surface area contributed by atoms with E-state index in [1.807, 2.05) is 6.07 Å². The van der Waals surface area contributed by atoms with Gasteiger partial charge in [0.1, 0.15) is 0 Å². The molecule has 0 saturated carbocycles. The predicted molar refractivity (Wildman–Crippen MR) is 53.4 cm³/mol. The van der Waals surface area contributed by atoms with Gasteiger partial charge < -0.3 is 4.98 Å². The van der Waals surface area contributed by atoms with Crippen LogP contribution in [-0.4, -0.2) is 4.98 Å². The Kier molecular flexibility index (Phi) is 1.93. The molecule has 2 rings (SSSR count). The fraction of sp³-hybridized carbons (Fsp3) is 0. The number of H-pyrrole nitrogens is 1. The summed E-state index contributed by atoms with van der Waals surface area (Å²) in [6.45, 7) is 0. The average molecular weight is 186 g/mol. The van der Waals surface area contributed by atoms with Gasteiger partial charge in [0.15, 0.2) is 0 Å². The smallest absolute Gasteiger partial charge is 0.248 e. The maximum atomic E-state index is 11.1. The summed E-state index contributed by atoms with van der Waals surface area (Å²) < 4.78 is 0. The zero-order valence-electron chi connectivity index (χ0n) is 7.14. The van der Waals surface area contributed by atoms with Crippen LogP contribution in [0.2, 0.25) is 0 Å². The Balaban J connectivity index is 2.93. The number of hydrogen-bond donors (Lipinski definition) is 1. The molecular formula is C9H6N4O. The van der Waals surface area contributed by atoms with Crippen LogP contribution in [0.3, 0.4) is 0 Å². The third-order valence-corrected chi connectivity index (χ3v) is 1.88. The van der Waals surface area contributed by atoms with Crippen LogP contribution in [0.15, 0.2) is 40.2 Å². The molecular weight excluding hydrogens is 180 g/mol. The van der Waals surface area contributed by atoms with Crippen LogP contribution < -0.4 is 5.56 Å². The number of pyridine rings is 1. The van der Waals surface area contributed by atoms with Crippen LogP contribution in [0.1, 0.15) is 0 Å². The Hall–Kier alpha value is -2.26. The highest BCUT2D eigenvalue weighted by Crippen LogP contribution is 2.21. The molecule has 0 amide bonds. The van der Waals surface area contributed by atoms with E-state index in [1.165, 1.54) is 6.07 Å². The molecule has 1 N–H and O–H groups in total.